The van der Waals surface area contributed by atoms with Crippen molar-refractivity contribution >= 4 is 65.3 Å². The van der Waals surface area contributed by atoms with Gasteiger partial charge in [0, 0.05) is 29.2 Å². The maximum Gasteiger partial charge on any atom is 0.338 e. The van der Waals surface area contributed by atoms with Crippen LogP contribution in [0.15, 0.2) is 56.8 Å². The lowest BCUT2D eigenvalue weighted by atomic mass is 9.89. The minimum atomic E-state index is -1.23. The molecule has 0 saturated carbocycles. The third-order valence-electron chi connectivity index (χ3n) is 10.3. The number of carboxylic acid groups (broad SMARTS) is 3. The lowest BCUT2D eigenvalue weighted by Gasteiger charge is -2.19. The largest absolute Gasteiger partial charge is 0.497 e. The summed E-state index contributed by atoms with van der Waals surface area (Å²) < 4.78 is 8.88. The normalized spacial score (nSPS) is 17.2. The number of rotatable bonds is 10. The van der Waals surface area contributed by atoms with Crippen LogP contribution in [0, 0.1) is 19.8 Å². The molecule has 0 spiro atoms. The van der Waals surface area contributed by atoms with Crippen LogP contribution in [-0.2, 0) is 9.59 Å². The molecule has 0 unspecified atom stereocenters. The van der Waals surface area contributed by atoms with Crippen molar-refractivity contribution in [3.63, 3.8) is 0 Å². The number of aliphatic carboxylic acids is 2. The van der Waals surface area contributed by atoms with Gasteiger partial charge in [-0.2, -0.15) is 0 Å². The second-order valence-electron chi connectivity index (χ2n) is 13.4. The summed E-state index contributed by atoms with van der Waals surface area (Å²) in [7, 11) is 1.62. The number of hydrogen-bond acceptors (Lipinski definition) is 7. The Bertz CT molecular complexity index is 2410. The van der Waals surface area contributed by atoms with E-state index in [0.29, 0.717) is 40.9 Å². The maximum atomic E-state index is 13.2. The Morgan fingerprint density at radius 3 is 2.33 bits per heavy atom. The molecule has 3 aromatic rings. The van der Waals surface area contributed by atoms with Crippen LogP contribution < -0.4 is 21.0 Å². The van der Waals surface area contributed by atoms with E-state index in [1.165, 1.54) is 0 Å². The zero-order chi connectivity index (χ0) is 37.0. The maximum absolute atomic E-state index is 13.2. The molecule has 6 heterocycles. The van der Waals surface area contributed by atoms with Crippen molar-refractivity contribution in [2.75, 3.05) is 12.6 Å². The van der Waals surface area contributed by atoms with Crippen LogP contribution >= 0.6 is 0 Å². The first-order valence-electron chi connectivity index (χ1n) is 17.2. The van der Waals surface area contributed by atoms with Gasteiger partial charge < -0.3 is 20.1 Å². The summed E-state index contributed by atoms with van der Waals surface area (Å²) in [5.41, 5.74) is 12.9. The molecule has 4 aliphatic heterocycles. The fourth-order valence-corrected chi connectivity index (χ4v) is 7.69. The van der Waals surface area contributed by atoms with Crippen LogP contribution in [0.3, 0.4) is 0 Å². The van der Waals surface area contributed by atoms with E-state index in [1.807, 2.05) is 73.2 Å². The fraction of sp³-hybridized carbons (Fsp3) is 0.275. The summed E-state index contributed by atoms with van der Waals surface area (Å²) in [6.07, 6.45) is 10.5. The highest BCUT2D eigenvalue weighted by Crippen LogP contribution is 2.37. The number of aliphatic imine (C=N–C) groups is 2. The van der Waals surface area contributed by atoms with Crippen molar-refractivity contribution in [3.05, 3.63) is 96.7 Å². The van der Waals surface area contributed by atoms with Crippen LogP contribution in [0.25, 0.3) is 36.0 Å². The molecule has 52 heavy (non-hydrogen) atoms. The number of nitrogens with zero attached hydrogens (tertiary/aromatic N) is 4. The Hall–Kier alpha value is -6.17. The zero-order valence-electron chi connectivity index (χ0n) is 29.6. The van der Waals surface area contributed by atoms with Gasteiger partial charge in [0.15, 0.2) is 0 Å². The molecule has 7 rings (SSSR count). The zero-order valence-corrected chi connectivity index (χ0v) is 29.6. The SMILES string of the molecule is CCC1=C(C)C2=Cc3c(/C=C/c4ccc(OC)cc4)c(C)c4n3Nn3c(c(C)c(C(=O)O)c3=C(CC(=O)O)C3=NC(=C4)C[C@@H]3CCC(=O)O)=CC1=N2. The summed E-state index contributed by atoms with van der Waals surface area (Å²) in [5.74, 6) is -3.07. The van der Waals surface area contributed by atoms with Crippen LogP contribution in [-0.4, -0.2) is 61.1 Å². The number of ether oxygens (including phenoxy) is 1. The predicted molar refractivity (Wildman–Crippen MR) is 200 cm³/mol. The average Bonchev–Trinajstić information content (AvgIpc) is 3.79. The van der Waals surface area contributed by atoms with Crippen LogP contribution in [0.2, 0.25) is 0 Å². The summed E-state index contributed by atoms with van der Waals surface area (Å²) >= 11 is 0. The second kappa shape index (κ2) is 13.2. The number of aromatic nitrogens is 2. The quantitative estimate of drug-likeness (QED) is 0.218. The average molecular weight is 702 g/mol. The molecule has 0 amide bonds. The van der Waals surface area contributed by atoms with Gasteiger partial charge in [-0.05, 0) is 98.2 Å². The molecule has 1 aromatic carbocycles. The number of fused-ring (bicyclic) bond motifs is 2. The number of hydrogen-bond donors (Lipinski definition) is 4. The van der Waals surface area contributed by atoms with E-state index in [2.05, 4.69) is 12.5 Å². The lowest BCUT2D eigenvalue weighted by molar-refractivity contribution is -0.137. The molecule has 266 valence electrons. The van der Waals surface area contributed by atoms with Crippen molar-refractivity contribution in [2.45, 2.75) is 59.8 Å². The minimum Gasteiger partial charge on any atom is -0.497 e. The topological polar surface area (TPSA) is 168 Å². The molecule has 4 N–H and O–H groups in total. The van der Waals surface area contributed by atoms with Gasteiger partial charge >= 0.3 is 17.9 Å². The highest BCUT2D eigenvalue weighted by atomic mass is 16.5. The third-order valence-corrected chi connectivity index (χ3v) is 10.3. The van der Waals surface area contributed by atoms with Crippen molar-refractivity contribution in [3.8, 4) is 5.75 Å². The number of allylic oxidation sites excluding steroid dienone is 3. The Balaban J connectivity index is 1.63. The Morgan fingerprint density at radius 1 is 0.923 bits per heavy atom. The Kier molecular flexibility index (Phi) is 8.69. The number of methoxy groups -OCH3 is 1. The van der Waals surface area contributed by atoms with Crippen molar-refractivity contribution in [2.24, 2.45) is 15.9 Å². The molecule has 0 radical (unpaired) electrons. The van der Waals surface area contributed by atoms with E-state index in [-0.39, 0.29) is 29.3 Å². The summed E-state index contributed by atoms with van der Waals surface area (Å²) in [4.78, 5) is 47.6. The first-order valence-corrected chi connectivity index (χ1v) is 17.2. The van der Waals surface area contributed by atoms with Gasteiger partial charge in [-0.3, -0.25) is 14.6 Å². The molecule has 4 aliphatic rings. The summed E-state index contributed by atoms with van der Waals surface area (Å²) in [5, 5.41) is 31.3. The van der Waals surface area contributed by atoms with Gasteiger partial charge in [0.2, 0.25) is 0 Å². The molecule has 1 atom stereocenters. The molecular formula is C40H39N5O7. The Morgan fingerprint density at radius 2 is 1.67 bits per heavy atom. The number of aromatic carboxylic acids is 1. The summed E-state index contributed by atoms with van der Waals surface area (Å²) in [6, 6.07) is 7.71. The number of benzene rings is 1. The monoisotopic (exact) mass is 701 g/mol. The highest BCUT2D eigenvalue weighted by Gasteiger charge is 2.34. The van der Waals surface area contributed by atoms with Crippen LogP contribution in [0.4, 0.5) is 0 Å². The Labute approximate surface area is 299 Å². The predicted octanol–water partition coefficient (Wildman–Crippen LogP) is 5.41. The van der Waals surface area contributed by atoms with Crippen molar-refractivity contribution < 1.29 is 34.4 Å². The van der Waals surface area contributed by atoms with Crippen LogP contribution in [0.5, 0.6) is 5.75 Å². The first-order chi connectivity index (χ1) is 24.9. The molecule has 2 aromatic heterocycles. The lowest BCUT2D eigenvalue weighted by Crippen LogP contribution is -2.42. The highest BCUT2D eigenvalue weighted by molar-refractivity contribution is 6.25. The molecule has 0 aliphatic carbocycles. The van der Waals surface area contributed by atoms with Gasteiger partial charge in [-0.25, -0.2) is 24.7 Å². The van der Waals surface area contributed by atoms with Crippen molar-refractivity contribution in [1.29, 1.82) is 0 Å². The van der Waals surface area contributed by atoms with E-state index < -0.39 is 30.2 Å². The van der Waals surface area contributed by atoms with E-state index in [9.17, 15) is 29.7 Å². The van der Waals surface area contributed by atoms with Gasteiger partial charge in [-0.15, -0.1) is 0 Å². The number of carboxylic acids is 3. The van der Waals surface area contributed by atoms with Gasteiger partial charge in [0.25, 0.3) is 0 Å². The van der Waals surface area contributed by atoms with E-state index in [0.717, 1.165) is 50.7 Å². The molecule has 0 saturated heterocycles. The smallest absolute Gasteiger partial charge is 0.338 e. The van der Waals surface area contributed by atoms with Gasteiger partial charge in [0.1, 0.15) is 5.75 Å². The summed E-state index contributed by atoms with van der Waals surface area (Å²) in [6.45, 7) is 7.81. The number of carbonyl (C=O) groups is 3. The standard InChI is InChI=1S/C40H39N5O7/c1-6-27-20(2)30-18-34-28(13-9-23-7-11-26(52-5)12-8-23)21(3)32-16-25-15-24(10-14-35(46)47)38(41-25)29(17-36(48)49)39-37(40(50)51)22(4)33(19-31(27)42-30)45(39)43-44(32)34/h7-9,11-13,16,18-19,24,43H,6,10,14-15,17H2,1-5H3,(H,46,47)(H,48,49)(H,50,51)/b13-9+,25-16?,30-18?,31-19?,32-16?,33-19?,34-18?,38-29?,39-29?/t24-/m0/s1. The number of nitrogens with one attached hydrogen (secondary N) is 1. The van der Waals surface area contributed by atoms with E-state index in [4.69, 9.17) is 14.7 Å². The molecule has 12 heteroatoms. The molecule has 0 fully saturated rings. The van der Waals surface area contributed by atoms with E-state index in [1.54, 1.807) is 18.7 Å². The van der Waals surface area contributed by atoms with Crippen LogP contribution in [0.1, 0.15) is 90.0 Å². The molecule has 12 nitrogen and oxygen atoms in total. The van der Waals surface area contributed by atoms with Crippen molar-refractivity contribution in [1.82, 2.24) is 9.35 Å². The molecular weight excluding hydrogens is 662 g/mol. The fourth-order valence-electron chi connectivity index (χ4n) is 7.69. The molecule has 6 bridgehead atoms. The first kappa shape index (κ1) is 34.3. The van der Waals surface area contributed by atoms with Gasteiger partial charge in [-0.1, -0.05) is 31.2 Å². The third kappa shape index (κ3) is 5.79. The van der Waals surface area contributed by atoms with Gasteiger partial charge in [0.05, 0.1) is 58.3 Å². The van der Waals surface area contributed by atoms with E-state index >= 15 is 0 Å². The minimum absolute atomic E-state index is 0.0657. The second-order valence-corrected chi connectivity index (χ2v) is 13.4.